The fourth-order valence-electron chi connectivity index (χ4n) is 8.86. The molecule has 0 aliphatic carbocycles. The Labute approximate surface area is 344 Å². The molecule has 5 heteroatoms. The van der Waals surface area contributed by atoms with E-state index in [2.05, 4.69) is 152 Å². The first-order chi connectivity index (χ1) is 29.8. The highest BCUT2D eigenvalue weighted by Gasteiger charge is 2.25. The molecule has 280 valence electrons. The molecule has 0 aliphatic heterocycles. The van der Waals surface area contributed by atoms with E-state index in [0.717, 1.165) is 105 Å². The number of furan rings is 2. The molecule has 9 aromatic carbocycles. The molecule has 0 unspecified atom stereocenters. The van der Waals surface area contributed by atoms with Gasteiger partial charge in [-0.3, -0.25) is 0 Å². The lowest BCUT2D eigenvalue weighted by atomic mass is 9.86. The summed E-state index contributed by atoms with van der Waals surface area (Å²) in [7, 11) is 0. The molecule has 0 saturated heterocycles. The summed E-state index contributed by atoms with van der Waals surface area (Å²) in [5, 5.41) is 6.21. The molecule has 3 aromatic heterocycles. The first kappa shape index (κ1) is 33.9. The number of aromatic nitrogens is 3. The number of nitrogens with zero attached hydrogens (tertiary/aromatic N) is 3. The van der Waals surface area contributed by atoms with Crippen molar-refractivity contribution < 1.29 is 8.83 Å². The second-order valence-corrected chi connectivity index (χ2v) is 15.0. The zero-order valence-electron chi connectivity index (χ0n) is 32.2. The highest BCUT2D eigenvalue weighted by atomic mass is 16.3. The molecule has 12 rings (SSSR count). The van der Waals surface area contributed by atoms with Gasteiger partial charge in [-0.2, -0.15) is 0 Å². The minimum Gasteiger partial charge on any atom is -0.455 e. The summed E-state index contributed by atoms with van der Waals surface area (Å²) in [6, 6.07) is 69.3. The molecule has 0 aliphatic rings. The Bertz CT molecular complexity index is 3470. The summed E-state index contributed by atoms with van der Waals surface area (Å²) in [6.45, 7) is 0. The molecule has 12 aromatic rings. The van der Waals surface area contributed by atoms with Crippen molar-refractivity contribution in [3.8, 4) is 67.5 Å². The predicted molar refractivity (Wildman–Crippen MR) is 245 cm³/mol. The van der Waals surface area contributed by atoms with Gasteiger partial charge in [0.25, 0.3) is 0 Å². The molecule has 0 saturated carbocycles. The second-order valence-electron chi connectivity index (χ2n) is 15.0. The van der Waals surface area contributed by atoms with E-state index >= 15 is 0 Å². The Hall–Kier alpha value is -8.15. The highest BCUT2D eigenvalue weighted by molar-refractivity contribution is 6.13. The molecular weight excluding hydrogens is 735 g/mol. The van der Waals surface area contributed by atoms with Crippen LogP contribution in [-0.4, -0.2) is 15.0 Å². The average molecular weight is 768 g/mol. The van der Waals surface area contributed by atoms with Crippen LogP contribution in [0.3, 0.4) is 0 Å². The third-order valence-corrected chi connectivity index (χ3v) is 11.6. The summed E-state index contributed by atoms with van der Waals surface area (Å²) < 4.78 is 13.3. The lowest BCUT2D eigenvalue weighted by Gasteiger charge is -2.19. The van der Waals surface area contributed by atoms with Crippen molar-refractivity contribution in [2.24, 2.45) is 0 Å². The summed E-state index contributed by atoms with van der Waals surface area (Å²) in [6.07, 6.45) is 0. The molecule has 5 nitrogen and oxygen atoms in total. The molecule has 0 amide bonds. The fourth-order valence-corrected chi connectivity index (χ4v) is 8.86. The van der Waals surface area contributed by atoms with Gasteiger partial charge in [0.05, 0.1) is 11.1 Å². The molecule has 0 fully saturated rings. The number of hydrogen-bond acceptors (Lipinski definition) is 5. The quantitative estimate of drug-likeness (QED) is 0.169. The fraction of sp³-hybridized carbons (Fsp3) is 0. The zero-order valence-corrected chi connectivity index (χ0v) is 32.2. The molecule has 0 bridgehead atoms. The van der Waals surface area contributed by atoms with E-state index in [1.807, 2.05) is 48.5 Å². The van der Waals surface area contributed by atoms with E-state index in [-0.39, 0.29) is 0 Å². The topological polar surface area (TPSA) is 65.0 Å². The molecule has 3 heterocycles. The maximum Gasteiger partial charge on any atom is 0.167 e. The van der Waals surface area contributed by atoms with Crippen LogP contribution in [0.4, 0.5) is 0 Å². The summed E-state index contributed by atoms with van der Waals surface area (Å²) in [5.74, 6) is 1.55. The van der Waals surface area contributed by atoms with E-state index in [9.17, 15) is 0 Å². The lowest BCUT2D eigenvalue weighted by molar-refractivity contribution is 0.669. The molecule has 0 atom stereocenters. The molecule has 60 heavy (non-hydrogen) atoms. The Kier molecular flexibility index (Phi) is 7.78. The largest absolute Gasteiger partial charge is 0.455 e. The van der Waals surface area contributed by atoms with Gasteiger partial charge in [-0.25, -0.2) is 15.0 Å². The summed E-state index contributed by atoms with van der Waals surface area (Å²) in [5.41, 5.74) is 12.0. The van der Waals surface area contributed by atoms with Gasteiger partial charge in [-0.1, -0.05) is 176 Å². The van der Waals surface area contributed by atoms with E-state index in [1.165, 1.54) is 0 Å². The maximum atomic E-state index is 6.63. The van der Waals surface area contributed by atoms with Gasteiger partial charge < -0.3 is 8.83 Å². The minimum atomic E-state index is 0.504. The first-order valence-electron chi connectivity index (χ1n) is 20.1. The van der Waals surface area contributed by atoms with Crippen molar-refractivity contribution in [1.29, 1.82) is 0 Å². The van der Waals surface area contributed by atoms with Crippen LogP contribution in [0.15, 0.2) is 209 Å². The van der Waals surface area contributed by atoms with Gasteiger partial charge in [0, 0.05) is 32.5 Å². The van der Waals surface area contributed by atoms with Crippen molar-refractivity contribution in [3.05, 3.63) is 200 Å². The Balaban J connectivity index is 1.23. The number of para-hydroxylation sites is 4. The van der Waals surface area contributed by atoms with Crippen LogP contribution in [0, 0.1) is 0 Å². The number of rotatable bonds is 6. The van der Waals surface area contributed by atoms with Crippen molar-refractivity contribution in [2.45, 2.75) is 0 Å². The van der Waals surface area contributed by atoms with Gasteiger partial charge in [0.2, 0.25) is 0 Å². The van der Waals surface area contributed by atoms with Crippen LogP contribution in [0.5, 0.6) is 0 Å². The van der Waals surface area contributed by atoms with Gasteiger partial charge in [0.15, 0.2) is 17.5 Å². The Morgan fingerprint density at radius 2 is 0.733 bits per heavy atom. The van der Waals surface area contributed by atoms with E-state index in [1.54, 1.807) is 0 Å². The molecule has 0 radical (unpaired) electrons. The number of fused-ring (bicyclic) bond motifs is 7. The van der Waals surface area contributed by atoms with Crippen molar-refractivity contribution in [1.82, 2.24) is 15.0 Å². The van der Waals surface area contributed by atoms with Crippen LogP contribution in [0.1, 0.15) is 0 Å². The first-order valence-corrected chi connectivity index (χ1v) is 20.1. The highest BCUT2D eigenvalue weighted by Crippen LogP contribution is 2.46. The summed E-state index contributed by atoms with van der Waals surface area (Å²) >= 11 is 0. The lowest BCUT2D eigenvalue weighted by Crippen LogP contribution is -2.03. The second kappa shape index (κ2) is 13.8. The third kappa shape index (κ3) is 5.44. The van der Waals surface area contributed by atoms with Crippen molar-refractivity contribution in [2.75, 3.05) is 0 Å². The van der Waals surface area contributed by atoms with Crippen LogP contribution in [-0.2, 0) is 0 Å². The maximum absolute atomic E-state index is 6.63. The minimum absolute atomic E-state index is 0.504. The van der Waals surface area contributed by atoms with Gasteiger partial charge in [-0.15, -0.1) is 0 Å². The number of hydrogen-bond donors (Lipinski definition) is 0. The van der Waals surface area contributed by atoms with Crippen LogP contribution in [0.25, 0.3) is 122 Å². The zero-order chi connectivity index (χ0) is 39.6. The SMILES string of the molecule is c1ccc(-c2ccccc2-c2ccc3cccc(-c4ccccc4)c3c2-c2nc(-c3cccc4c3oc3ccccc34)nc(-c3cccc4c3oc3ccccc34)n2)cc1. The van der Waals surface area contributed by atoms with Gasteiger partial charge in [-0.05, 0) is 63.0 Å². The predicted octanol–water partition coefficient (Wildman–Crippen LogP) is 14.8. The van der Waals surface area contributed by atoms with Crippen LogP contribution < -0.4 is 0 Å². The Morgan fingerprint density at radius 1 is 0.283 bits per heavy atom. The van der Waals surface area contributed by atoms with Crippen molar-refractivity contribution >= 4 is 54.6 Å². The van der Waals surface area contributed by atoms with Gasteiger partial charge in [0.1, 0.15) is 22.3 Å². The van der Waals surface area contributed by atoms with E-state index < -0.39 is 0 Å². The normalized spacial score (nSPS) is 11.7. The van der Waals surface area contributed by atoms with Crippen LogP contribution >= 0.6 is 0 Å². The van der Waals surface area contributed by atoms with Crippen LogP contribution in [0.2, 0.25) is 0 Å². The molecule has 0 N–H and O–H groups in total. The smallest absolute Gasteiger partial charge is 0.167 e. The standard InChI is InChI=1S/C55H33N3O2/c1-3-16-34(17-4-1)37-21-7-8-22-39(37)42-33-32-36-20-13-25-38(35-18-5-2-6-19-35)49(36)50(42)55-57-53(45-28-14-26-43-40-23-9-11-30-47(40)59-51(43)45)56-54(58-55)46-29-15-27-44-41-24-10-12-31-48(41)60-52(44)46/h1-33H. The third-order valence-electron chi connectivity index (χ3n) is 11.6. The molecular formula is C55H33N3O2. The number of benzene rings is 9. The van der Waals surface area contributed by atoms with Crippen molar-refractivity contribution in [3.63, 3.8) is 0 Å². The Morgan fingerprint density at radius 3 is 1.35 bits per heavy atom. The van der Waals surface area contributed by atoms with Gasteiger partial charge >= 0.3 is 0 Å². The summed E-state index contributed by atoms with van der Waals surface area (Å²) in [4.78, 5) is 16.3. The van der Waals surface area contributed by atoms with E-state index in [4.69, 9.17) is 23.8 Å². The molecule has 0 spiro atoms. The van der Waals surface area contributed by atoms with E-state index in [0.29, 0.717) is 17.5 Å². The monoisotopic (exact) mass is 767 g/mol. The average Bonchev–Trinajstić information content (AvgIpc) is 3.90.